The van der Waals surface area contributed by atoms with Gasteiger partial charge in [-0.3, -0.25) is 4.79 Å². The van der Waals surface area contributed by atoms with Crippen molar-refractivity contribution in [2.24, 2.45) is 0 Å². The van der Waals surface area contributed by atoms with Gasteiger partial charge in [0.25, 0.3) is 0 Å². The Bertz CT molecular complexity index is 1020. The maximum Gasteiger partial charge on any atom is 0.185 e. The van der Waals surface area contributed by atoms with Crippen molar-refractivity contribution in [3.8, 4) is 11.8 Å². The fourth-order valence-electron chi connectivity index (χ4n) is 2.52. The molecule has 3 aromatic rings. The summed E-state index contributed by atoms with van der Waals surface area (Å²) >= 11 is 3.50. The summed E-state index contributed by atoms with van der Waals surface area (Å²) in [6.07, 6.45) is 3.33. The van der Waals surface area contributed by atoms with Crippen molar-refractivity contribution in [3.05, 3.63) is 106 Å². The van der Waals surface area contributed by atoms with E-state index in [0.717, 1.165) is 15.6 Å². The predicted molar refractivity (Wildman–Crippen MR) is 109 cm³/mol. The van der Waals surface area contributed by atoms with Crippen molar-refractivity contribution in [2.45, 2.75) is 6.61 Å². The molecule has 0 aromatic heterocycles. The average Bonchev–Trinajstić information content (AvgIpc) is 2.72. The van der Waals surface area contributed by atoms with Gasteiger partial charge in [-0.25, -0.2) is 0 Å². The zero-order valence-electron chi connectivity index (χ0n) is 14.4. The fraction of sp³-hybridized carbons (Fsp3) is 0.0435. The molecule has 3 rings (SSSR count). The van der Waals surface area contributed by atoms with E-state index < -0.39 is 0 Å². The van der Waals surface area contributed by atoms with Crippen LogP contribution in [-0.4, -0.2) is 5.78 Å². The van der Waals surface area contributed by atoms with Crippen LogP contribution in [0.15, 0.2) is 83.3 Å². The number of carbonyl (C=O) groups excluding carboxylic acids is 1. The van der Waals surface area contributed by atoms with Gasteiger partial charge in [0.2, 0.25) is 0 Å². The van der Waals surface area contributed by atoms with Crippen LogP contribution in [0, 0.1) is 11.3 Å². The summed E-state index contributed by atoms with van der Waals surface area (Å²) in [6.45, 7) is 0.310. The molecule has 0 atom stereocenters. The van der Waals surface area contributed by atoms with Crippen LogP contribution < -0.4 is 4.74 Å². The molecule has 0 saturated heterocycles. The Morgan fingerprint density at radius 1 is 1.04 bits per heavy atom. The summed E-state index contributed by atoms with van der Waals surface area (Å²) < 4.78 is 6.61. The summed E-state index contributed by atoms with van der Waals surface area (Å²) in [7, 11) is 0. The number of ketones is 1. The van der Waals surface area contributed by atoms with Crippen molar-refractivity contribution in [2.75, 3.05) is 0 Å². The van der Waals surface area contributed by atoms with Crippen molar-refractivity contribution in [1.82, 2.24) is 0 Å². The molecule has 4 heteroatoms. The van der Waals surface area contributed by atoms with E-state index in [1.807, 2.05) is 54.6 Å². The van der Waals surface area contributed by atoms with E-state index in [1.54, 1.807) is 30.4 Å². The maximum atomic E-state index is 12.1. The lowest BCUT2D eigenvalue weighted by Gasteiger charge is -2.10. The lowest BCUT2D eigenvalue weighted by molar-refractivity contribution is 0.104. The van der Waals surface area contributed by atoms with E-state index >= 15 is 0 Å². The quantitative estimate of drug-likeness (QED) is 0.376. The van der Waals surface area contributed by atoms with Crippen molar-refractivity contribution < 1.29 is 9.53 Å². The third-order valence-electron chi connectivity index (χ3n) is 3.96. The summed E-state index contributed by atoms with van der Waals surface area (Å²) in [5.74, 6) is 0.634. The van der Waals surface area contributed by atoms with Crippen molar-refractivity contribution in [1.29, 1.82) is 5.26 Å². The molecule has 0 saturated carbocycles. The number of ether oxygens (including phenoxy) is 1. The minimum Gasteiger partial charge on any atom is -0.488 e. The summed E-state index contributed by atoms with van der Waals surface area (Å²) in [5, 5.41) is 9.14. The first-order chi connectivity index (χ1) is 13.2. The van der Waals surface area contributed by atoms with E-state index in [2.05, 4.69) is 22.0 Å². The molecule has 0 aliphatic heterocycles. The first-order valence-corrected chi connectivity index (χ1v) is 9.14. The van der Waals surface area contributed by atoms with Gasteiger partial charge < -0.3 is 4.74 Å². The van der Waals surface area contributed by atoms with Gasteiger partial charge in [-0.1, -0.05) is 60.7 Å². The van der Waals surface area contributed by atoms with Crippen LogP contribution in [0.1, 0.15) is 27.0 Å². The number of nitrogens with zero attached hydrogens (tertiary/aromatic N) is 1. The van der Waals surface area contributed by atoms with E-state index in [9.17, 15) is 4.79 Å². The minimum absolute atomic E-state index is 0.0415. The molecule has 3 aromatic carbocycles. The molecule has 0 aliphatic carbocycles. The molecule has 0 spiro atoms. The van der Waals surface area contributed by atoms with Crippen LogP contribution in [-0.2, 0) is 6.61 Å². The number of hydrogen-bond acceptors (Lipinski definition) is 3. The first-order valence-electron chi connectivity index (χ1n) is 8.35. The number of hydrogen-bond donors (Lipinski definition) is 0. The topological polar surface area (TPSA) is 50.1 Å². The number of benzene rings is 3. The van der Waals surface area contributed by atoms with E-state index in [4.69, 9.17) is 10.00 Å². The zero-order chi connectivity index (χ0) is 19.1. The number of halogens is 1. The monoisotopic (exact) mass is 417 g/mol. The molecule has 0 aliphatic rings. The Morgan fingerprint density at radius 3 is 2.52 bits per heavy atom. The standard InChI is InChI=1S/C23H16BrNO2/c24-21-14-17(10-12-22(26)18-6-2-1-3-7-18)11-13-23(21)27-16-20-9-5-4-8-19(20)15-25/h1-14H,16H2/b12-10+. The normalized spacial score (nSPS) is 10.5. The summed E-state index contributed by atoms with van der Waals surface area (Å²) in [6, 6.07) is 24.3. The van der Waals surface area contributed by atoms with Crippen molar-refractivity contribution in [3.63, 3.8) is 0 Å². The van der Waals surface area contributed by atoms with Crippen molar-refractivity contribution >= 4 is 27.8 Å². The van der Waals surface area contributed by atoms with Crippen LogP contribution in [0.5, 0.6) is 5.75 Å². The molecule has 0 amide bonds. The van der Waals surface area contributed by atoms with Gasteiger partial charge in [-0.2, -0.15) is 5.26 Å². The molecular weight excluding hydrogens is 402 g/mol. The van der Waals surface area contributed by atoms with Gasteiger partial charge in [0.05, 0.1) is 16.1 Å². The highest BCUT2D eigenvalue weighted by molar-refractivity contribution is 9.10. The Morgan fingerprint density at radius 2 is 1.78 bits per heavy atom. The van der Waals surface area contributed by atoms with Crippen LogP contribution in [0.2, 0.25) is 0 Å². The smallest absolute Gasteiger partial charge is 0.185 e. The highest BCUT2D eigenvalue weighted by Gasteiger charge is 2.06. The number of nitriles is 1. The molecule has 0 heterocycles. The third-order valence-corrected chi connectivity index (χ3v) is 4.58. The fourth-order valence-corrected chi connectivity index (χ4v) is 3.03. The Hall–Kier alpha value is -3.16. The highest BCUT2D eigenvalue weighted by atomic mass is 79.9. The highest BCUT2D eigenvalue weighted by Crippen LogP contribution is 2.27. The van der Waals surface area contributed by atoms with E-state index in [-0.39, 0.29) is 5.78 Å². The molecular formula is C23H16BrNO2. The first kappa shape index (κ1) is 18.6. The van der Waals surface area contributed by atoms with E-state index in [0.29, 0.717) is 23.5 Å². The van der Waals surface area contributed by atoms with Crippen LogP contribution >= 0.6 is 15.9 Å². The van der Waals surface area contributed by atoms with Gasteiger partial charge in [-0.15, -0.1) is 0 Å². The Kier molecular flexibility index (Phi) is 6.19. The number of allylic oxidation sites excluding steroid dienone is 1. The predicted octanol–water partition coefficient (Wildman–Crippen LogP) is 5.80. The lowest BCUT2D eigenvalue weighted by Crippen LogP contribution is -1.98. The SMILES string of the molecule is N#Cc1ccccc1COc1ccc(/C=C/C(=O)c2ccccc2)cc1Br. The summed E-state index contributed by atoms with van der Waals surface area (Å²) in [4.78, 5) is 12.1. The van der Waals surface area contributed by atoms with Crippen LogP contribution in [0.4, 0.5) is 0 Å². The van der Waals surface area contributed by atoms with Gasteiger partial charge in [-0.05, 0) is 45.8 Å². The van der Waals surface area contributed by atoms with Crippen LogP contribution in [0.25, 0.3) is 6.08 Å². The molecule has 0 unspecified atom stereocenters. The van der Waals surface area contributed by atoms with Gasteiger partial charge >= 0.3 is 0 Å². The minimum atomic E-state index is -0.0415. The Labute approximate surface area is 166 Å². The molecule has 0 radical (unpaired) electrons. The molecule has 3 nitrogen and oxygen atoms in total. The maximum absolute atomic E-state index is 12.1. The second kappa shape index (κ2) is 8.98. The molecule has 0 bridgehead atoms. The molecule has 132 valence electrons. The van der Waals surface area contributed by atoms with Gasteiger partial charge in [0.15, 0.2) is 5.78 Å². The number of carbonyl (C=O) groups is 1. The molecule has 0 fully saturated rings. The average molecular weight is 418 g/mol. The second-order valence-electron chi connectivity index (χ2n) is 5.81. The zero-order valence-corrected chi connectivity index (χ0v) is 16.0. The van der Waals surface area contributed by atoms with Crippen LogP contribution in [0.3, 0.4) is 0 Å². The summed E-state index contributed by atoms with van der Waals surface area (Å²) in [5.41, 5.74) is 2.98. The van der Waals surface area contributed by atoms with Gasteiger partial charge in [0.1, 0.15) is 12.4 Å². The Balaban J connectivity index is 1.68. The lowest BCUT2D eigenvalue weighted by atomic mass is 10.1. The molecule has 27 heavy (non-hydrogen) atoms. The second-order valence-corrected chi connectivity index (χ2v) is 6.67. The van der Waals surface area contributed by atoms with E-state index in [1.165, 1.54) is 0 Å². The third kappa shape index (κ3) is 4.93. The largest absolute Gasteiger partial charge is 0.488 e. The number of rotatable bonds is 6. The van der Waals surface area contributed by atoms with Gasteiger partial charge in [0, 0.05) is 11.1 Å². The molecule has 0 N–H and O–H groups in total.